The number of carbonyl (C=O) groups excluding carboxylic acids is 2. The van der Waals surface area contributed by atoms with E-state index in [1.54, 1.807) is 23.1 Å². The molecule has 2 aromatic rings. The van der Waals surface area contributed by atoms with Gasteiger partial charge in [-0.05, 0) is 44.0 Å². The van der Waals surface area contributed by atoms with Gasteiger partial charge in [-0.2, -0.15) is 0 Å². The molecule has 1 saturated heterocycles. The second-order valence-corrected chi connectivity index (χ2v) is 7.50. The fraction of sp³-hybridized carbons (Fsp3) is 0.364. The lowest BCUT2D eigenvalue weighted by molar-refractivity contribution is -0.122. The quantitative estimate of drug-likeness (QED) is 0.886. The molecule has 0 spiro atoms. The van der Waals surface area contributed by atoms with Crippen LogP contribution in [-0.2, 0) is 9.59 Å². The monoisotopic (exact) mass is 380 g/mol. The molecule has 146 valence electrons. The number of benzene rings is 2. The summed E-state index contributed by atoms with van der Waals surface area (Å²) in [6, 6.07) is 9.47. The van der Waals surface area contributed by atoms with Crippen LogP contribution in [0.5, 0.6) is 11.5 Å². The van der Waals surface area contributed by atoms with Crippen molar-refractivity contribution in [3.8, 4) is 11.5 Å². The third kappa shape index (κ3) is 3.42. The Labute approximate surface area is 164 Å². The second-order valence-electron chi connectivity index (χ2n) is 7.50. The van der Waals surface area contributed by atoms with Crippen molar-refractivity contribution in [2.75, 3.05) is 30.0 Å². The summed E-state index contributed by atoms with van der Waals surface area (Å²) in [7, 11) is 0. The summed E-state index contributed by atoms with van der Waals surface area (Å²) >= 11 is 0. The van der Waals surface area contributed by atoms with Crippen molar-refractivity contribution in [3.63, 3.8) is 0 Å². The highest BCUT2D eigenvalue weighted by atomic mass is 16.6. The number of rotatable bonds is 3. The normalized spacial score (nSPS) is 18.3. The van der Waals surface area contributed by atoms with Gasteiger partial charge in [-0.25, -0.2) is 0 Å². The number of hydrogen-bond donors (Lipinski definition) is 1. The average Bonchev–Trinajstić information content (AvgIpc) is 3.02. The zero-order valence-corrected chi connectivity index (χ0v) is 16.4. The molecule has 2 aromatic carbocycles. The molecule has 0 bridgehead atoms. The summed E-state index contributed by atoms with van der Waals surface area (Å²) in [6.45, 7) is 7.46. The van der Waals surface area contributed by atoms with E-state index < -0.39 is 0 Å². The van der Waals surface area contributed by atoms with E-state index in [0.29, 0.717) is 36.9 Å². The van der Waals surface area contributed by atoms with Gasteiger partial charge in [0.25, 0.3) is 0 Å². The molecule has 6 nitrogen and oxygen atoms in total. The first kappa shape index (κ1) is 18.3. The van der Waals surface area contributed by atoms with Crippen LogP contribution in [-0.4, -0.2) is 31.6 Å². The summed E-state index contributed by atoms with van der Waals surface area (Å²) in [5, 5.41) is 2.91. The maximum atomic E-state index is 12.8. The van der Waals surface area contributed by atoms with E-state index in [0.717, 1.165) is 16.8 Å². The molecule has 4 rings (SSSR count). The van der Waals surface area contributed by atoms with E-state index in [-0.39, 0.29) is 24.2 Å². The van der Waals surface area contributed by atoms with Crippen LogP contribution in [0.4, 0.5) is 11.4 Å². The largest absolute Gasteiger partial charge is 0.486 e. The zero-order chi connectivity index (χ0) is 19.8. The minimum atomic E-state index is -0.388. The van der Waals surface area contributed by atoms with Gasteiger partial charge in [-0.3, -0.25) is 9.59 Å². The summed E-state index contributed by atoms with van der Waals surface area (Å²) in [4.78, 5) is 27.1. The predicted octanol–water partition coefficient (Wildman–Crippen LogP) is 3.37. The maximum absolute atomic E-state index is 12.8. The van der Waals surface area contributed by atoms with Crippen LogP contribution in [0.2, 0.25) is 0 Å². The van der Waals surface area contributed by atoms with Gasteiger partial charge < -0.3 is 19.7 Å². The van der Waals surface area contributed by atoms with Crippen molar-refractivity contribution < 1.29 is 19.1 Å². The van der Waals surface area contributed by atoms with Crippen LogP contribution in [0, 0.1) is 26.7 Å². The fourth-order valence-corrected chi connectivity index (χ4v) is 4.06. The molecule has 0 aromatic heterocycles. The first-order valence-electron chi connectivity index (χ1n) is 9.51. The number of nitrogens with zero attached hydrogens (tertiary/aromatic N) is 1. The molecule has 2 aliphatic rings. The van der Waals surface area contributed by atoms with Crippen molar-refractivity contribution in [2.45, 2.75) is 27.2 Å². The van der Waals surface area contributed by atoms with Crippen LogP contribution >= 0.6 is 0 Å². The van der Waals surface area contributed by atoms with E-state index >= 15 is 0 Å². The van der Waals surface area contributed by atoms with Crippen LogP contribution in [0.15, 0.2) is 30.3 Å². The minimum Gasteiger partial charge on any atom is -0.486 e. The van der Waals surface area contributed by atoms with Crippen LogP contribution < -0.4 is 19.7 Å². The van der Waals surface area contributed by atoms with Crippen LogP contribution in [0.25, 0.3) is 0 Å². The van der Waals surface area contributed by atoms with Crippen molar-refractivity contribution in [2.24, 2.45) is 5.92 Å². The van der Waals surface area contributed by atoms with Crippen molar-refractivity contribution in [1.82, 2.24) is 0 Å². The summed E-state index contributed by atoms with van der Waals surface area (Å²) in [5.41, 5.74) is 4.84. The van der Waals surface area contributed by atoms with Gasteiger partial charge in [0.1, 0.15) is 13.2 Å². The van der Waals surface area contributed by atoms with Crippen molar-refractivity contribution in [3.05, 3.63) is 47.0 Å². The molecule has 6 heteroatoms. The molecule has 0 saturated carbocycles. The number of ether oxygens (including phenoxy) is 2. The lowest BCUT2D eigenvalue weighted by atomic mass is 10.0. The van der Waals surface area contributed by atoms with Gasteiger partial charge >= 0.3 is 0 Å². The van der Waals surface area contributed by atoms with E-state index in [1.165, 1.54) is 5.56 Å². The molecule has 28 heavy (non-hydrogen) atoms. The topological polar surface area (TPSA) is 67.9 Å². The lowest BCUT2D eigenvalue weighted by Crippen LogP contribution is -2.29. The Hall–Kier alpha value is -3.02. The standard InChI is InChI=1S/C22H24N2O4/c1-13-8-14(2)21(15(3)9-13)24-12-16(10-20(24)25)22(26)23-17-4-5-18-19(11-17)28-7-6-27-18/h4-5,8-9,11,16H,6-7,10,12H2,1-3H3,(H,23,26). The smallest absolute Gasteiger partial charge is 0.229 e. The lowest BCUT2D eigenvalue weighted by Gasteiger charge is -2.22. The molecular weight excluding hydrogens is 356 g/mol. The number of fused-ring (bicyclic) bond motifs is 1. The molecule has 2 aliphatic heterocycles. The highest BCUT2D eigenvalue weighted by Crippen LogP contribution is 2.34. The number of aryl methyl sites for hydroxylation is 3. The van der Waals surface area contributed by atoms with E-state index in [1.807, 2.05) is 20.8 Å². The fourth-order valence-electron chi connectivity index (χ4n) is 4.06. The molecule has 0 radical (unpaired) electrons. The highest BCUT2D eigenvalue weighted by molar-refractivity contribution is 6.04. The van der Waals surface area contributed by atoms with Crippen molar-refractivity contribution in [1.29, 1.82) is 0 Å². The van der Waals surface area contributed by atoms with Crippen molar-refractivity contribution >= 4 is 23.2 Å². The third-order valence-electron chi connectivity index (χ3n) is 5.21. The van der Waals surface area contributed by atoms with Gasteiger partial charge in [0.15, 0.2) is 11.5 Å². The van der Waals surface area contributed by atoms with Crippen LogP contribution in [0.3, 0.4) is 0 Å². The summed E-state index contributed by atoms with van der Waals surface area (Å²) < 4.78 is 11.1. The molecule has 1 atom stereocenters. The summed E-state index contributed by atoms with van der Waals surface area (Å²) in [5.74, 6) is 0.740. The van der Waals surface area contributed by atoms with E-state index in [4.69, 9.17) is 9.47 Å². The van der Waals surface area contributed by atoms with Gasteiger partial charge in [-0.15, -0.1) is 0 Å². The molecule has 1 fully saturated rings. The van der Waals surface area contributed by atoms with Gasteiger partial charge in [0.2, 0.25) is 11.8 Å². The molecular formula is C22H24N2O4. The summed E-state index contributed by atoms with van der Waals surface area (Å²) in [6.07, 6.45) is 0.211. The molecule has 2 heterocycles. The molecule has 2 amide bonds. The first-order valence-corrected chi connectivity index (χ1v) is 9.51. The number of carbonyl (C=O) groups is 2. The number of amides is 2. The van der Waals surface area contributed by atoms with Gasteiger partial charge in [0, 0.05) is 30.4 Å². The predicted molar refractivity (Wildman–Crippen MR) is 107 cm³/mol. The van der Waals surface area contributed by atoms with Crippen LogP contribution in [0.1, 0.15) is 23.1 Å². The Balaban J connectivity index is 1.49. The Morgan fingerprint density at radius 3 is 2.43 bits per heavy atom. The average molecular weight is 380 g/mol. The highest BCUT2D eigenvalue weighted by Gasteiger charge is 2.36. The van der Waals surface area contributed by atoms with E-state index in [9.17, 15) is 9.59 Å². The molecule has 0 aliphatic carbocycles. The minimum absolute atomic E-state index is 0.0163. The first-order chi connectivity index (χ1) is 13.4. The Bertz CT molecular complexity index is 931. The Morgan fingerprint density at radius 2 is 1.71 bits per heavy atom. The Kier molecular flexibility index (Phi) is 4.71. The SMILES string of the molecule is Cc1cc(C)c(N2CC(C(=O)Nc3ccc4c(c3)OCCO4)CC2=O)c(C)c1. The molecule has 1 unspecified atom stereocenters. The number of anilines is 2. The second kappa shape index (κ2) is 7.19. The van der Waals surface area contributed by atoms with E-state index in [2.05, 4.69) is 17.4 Å². The third-order valence-corrected chi connectivity index (χ3v) is 5.21. The number of hydrogen-bond acceptors (Lipinski definition) is 4. The Morgan fingerprint density at radius 1 is 1.04 bits per heavy atom. The maximum Gasteiger partial charge on any atom is 0.229 e. The van der Waals surface area contributed by atoms with Gasteiger partial charge in [-0.1, -0.05) is 17.7 Å². The zero-order valence-electron chi connectivity index (χ0n) is 16.4. The number of nitrogens with one attached hydrogen (secondary N) is 1. The molecule has 1 N–H and O–H groups in total. The van der Waals surface area contributed by atoms with Gasteiger partial charge in [0.05, 0.1) is 5.92 Å².